The van der Waals surface area contributed by atoms with E-state index in [-0.39, 0.29) is 11.5 Å². The van der Waals surface area contributed by atoms with E-state index in [4.69, 9.17) is 14.6 Å². The van der Waals surface area contributed by atoms with Gasteiger partial charge in [0.05, 0.1) is 14.2 Å². The van der Waals surface area contributed by atoms with Gasteiger partial charge in [-0.3, -0.25) is 4.79 Å². The molecule has 122 valence electrons. The lowest BCUT2D eigenvalue weighted by atomic mass is 10.2. The van der Waals surface area contributed by atoms with E-state index in [9.17, 15) is 9.90 Å². The zero-order valence-electron chi connectivity index (χ0n) is 13.3. The zero-order chi connectivity index (χ0) is 17.2. The van der Waals surface area contributed by atoms with Gasteiger partial charge in [0.1, 0.15) is 6.29 Å². The van der Waals surface area contributed by atoms with Crippen LogP contribution in [-0.4, -0.2) is 30.7 Å². The highest BCUT2D eigenvalue weighted by Crippen LogP contribution is 2.26. The van der Waals surface area contributed by atoms with Gasteiger partial charge in [0, 0.05) is 5.56 Å². The third kappa shape index (κ3) is 5.39. The number of aldehydes is 1. The van der Waals surface area contributed by atoms with Gasteiger partial charge in [-0.25, -0.2) is 0 Å². The number of ether oxygens (including phenoxy) is 2. The number of phenols is 2. The number of allylic oxidation sites excluding steroid dienone is 1. The number of methoxy groups -OCH3 is 2. The van der Waals surface area contributed by atoms with Gasteiger partial charge in [-0.05, 0) is 42.8 Å². The molecule has 0 spiro atoms. The van der Waals surface area contributed by atoms with Crippen LogP contribution in [0.2, 0.25) is 0 Å². The summed E-state index contributed by atoms with van der Waals surface area (Å²) in [5, 5.41) is 18.3. The molecule has 0 fully saturated rings. The summed E-state index contributed by atoms with van der Waals surface area (Å²) >= 11 is 0. The molecule has 0 saturated heterocycles. The highest BCUT2D eigenvalue weighted by Gasteiger charge is 2.00. The molecule has 0 atom stereocenters. The molecular weight excluding hydrogens is 296 g/mol. The van der Waals surface area contributed by atoms with E-state index in [0.717, 1.165) is 5.56 Å². The van der Waals surface area contributed by atoms with Crippen molar-refractivity contribution in [3.05, 3.63) is 53.6 Å². The summed E-state index contributed by atoms with van der Waals surface area (Å²) in [6.45, 7) is 1.94. The first-order valence-corrected chi connectivity index (χ1v) is 6.87. The number of carbonyl (C=O) groups is 1. The van der Waals surface area contributed by atoms with Crippen LogP contribution in [0.4, 0.5) is 0 Å². The van der Waals surface area contributed by atoms with E-state index >= 15 is 0 Å². The molecule has 0 heterocycles. The molecule has 23 heavy (non-hydrogen) atoms. The quantitative estimate of drug-likeness (QED) is 0.842. The Hall–Kier alpha value is -2.95. The molecule has 0 unspecified atom stereocenters. The fourth-order valence-electron chi connectivity index (χ4n) is 1.76. The predicted molar refractivity (Wildman–Crippen MR) is 89.4 cm³/mol. The lowest BCUT2D eigenvalue weighted by Gasteiger charge is -2.03. The predicted octanol–water partition coefficient (Wildman–Crippen LogP) is 3.65. The molecule has 0 saturated carbocycles. The van der Waals surface area contributed by atoms with Gasteiger partial charge < -0.3 is 19.7 Å². The van der Waals surface area contributed by atoms with Crippen LogP contribution in [0, 0.1) is 0 Å². The van der Waals surface area contributed by atoms with Crippen LogP contribution in [-0.2, 0) is 0 Å². The Balaban J connectivity index is 0.000000231. The molecule has 0 aliphatic heterocycles. The van der Waals surface area contributed by atoms with Crippen molar-refractivity contribution in [1.29, 1.82) is 0 Å². The maximum Gasteiger partial charge on any atom is 0.161 e. The first kappa shape index (κ1) is 18.1. The SMILES string of the molecule is CC=Cc1ccc(O)c(OC)c1.COc1cc(C=O)ccc1O. The van der Waals surface area contributed by atoms with E-state index in [2.05, 4.69) is 0 Å². The van der Waals surface area contributed by atoms with E-state index in [1.807, 2.05) is 25.1 Å². The van der Waals surface area contributed by atoms with E-state index in [0.29, 0.717) is 23.3 Å². The molecule has 2 N–H and O–H groups in total. The van der Waals surface area contributed by atoms with Crippen LogP contribution >= 0.6 is 0 Å². The topological polar surface area (TPSA) is 76.0 Å². The van der Waals surface area contributed by atoms with Crippen molar-refractivity contribution in [2.45, 2.75) is 6.92 Å². The summed E-state index contributed by atoms with van der Waals surface area (Å²) in [6.07, 6.45) is 4.58. The number of carbonyl (C=O) groups excluding carboxylic acids is 1. The maximum atomic E-state index is 10.2. The molecule has 2 rings (SSSR count). The summed E-state index contributed by atoms with van der Waals surface area (Å²) in [7, 11) is 2.97. The van der Waals surface area contributed by atoms with Gasteiger partial charge >= 0.3 is 0 Å². The molecule has 0 aromatic heterocycles. The van der Waals surface area contributed by atoms with Crippen molar-refractivity contribution in [2.75, 3.05) is 14.2 Å². The second-order valence-electron chi connectivity index (χ2n) is 4.48. The lowest BCUT2D eigenvalue weighted by Crippen LogP contribution is -1.85. The highest BCUT2D eigenvalue weighted by molar-refractivity contribution is 5.76. The molecule has 5 nitrogen and oxygen atoms in total. The number of aromatic hydroxyl groups is 2. The summed E-state index contributed by atoms with van der Waals surface area (Å²) < 4.78 is 9.73. The van der Waals surface area contributed by atoms with E-state index in [1.165, 1.54) is 32.4 Å². The van der Waals surface area contributed by atoms with Crippen molar-refractivity contribution in [3.8, 4) is 23.0 Å². The Labute approximate surface area is 135 Å². The molecule has 5 heteroatoms. The second kappa shape index (κ2) is 9.15. The average molecular weight is 316 g/mol. The average Bonchev–Trinajstić information content (AvgIpc) is 2.58. The van der Waals surface area contributed by atoms with Crippen molar-refractivity contribution in [3.63, 3.8) is 0 Å². The molecular formula is C18H20O5. The van der Waals surface area contributed by atoms with Crippen LogP contribution in [0.25, 0.3) is 6.08 Å². The van der Waals surface area contributed by atoms with Crippen LogP contribution in [0.15, 0.2) is 42.5 Å². The molecule has 0 aliphatic carbocycles. The Morgan fingerprint density at radius 2 is 1.35 bits per heavy atom. The number of hydrogen-bond donors (Lipinski definition) is 2. The molecule has 0 aliphatic rings. The third-order valence-electron chi connectivity index (χ3n) is 2.90. The fourth-order valence-corrected chi connectivity index (χ4v) is 1.76. The monoisotopic (exact) mass is 316 g/mol. The van der Waals surface area contributed by atoms with Crippen molar-refractivity contribution in [1.82, 2.24) is 0 Å². The summed E-state index contributed by atoms with van der Waals surface area (Å²) in [4.78, 5) is 10.2. The number of hydrogen-bond acceptors (Lipinski definition) is 5. The third-order valence-corrected chi connectivity index (χ3v) is 2.90. The molecule has 2 aromatic rings. The second-order valence-corrected chi connectivity index (χ2v) is 4.48. The zero-order valence-corrected chi connectivity index (χ0v) is 13.3. The van der Waals surface area contributed by atoms with Crippen molar-refractivity contribution in [2.24, 2.45) is 0 Å². The van der Waals surface area contributed by atoms with Gasteiger partial charge in [0.25, 0.3) is 0 Å². The minimum Gasteiger partial charge on any atom is -0.504 e. The lowest BCUT2D eigenvalue weighted by molar-refractivity contribution is 0.112. The van der Waals surface area contributed by atoms with Gasteiger partial charge in [-0.1, -0.05) is 18.2 Å². The van der Waals surface area contributed by atoms with Crippen LogP contribution in [0.3, 0.4) is 0 Å². The molecule has 0 amide bonds. The highest BCUT2D eigenvalue weighted by atomic mass is 16.5. The van der Waals surface area contributed by atoms with Crippen LogP contribution < -0.4 is 9.47 Å². The van der Waals surface area contributed by atoms with E-state index in [1.54, 1.807) is 12.1 Å². The minimum atomic E-state index is 0.0399. The Morgan fingerprint density at radius 3 is 1.78 bits per heavy atom. The molecule has 2 aromatic carbocycles. The van der Waals surface area contributed by atoms with Gasteiger partial charge in [-0.2, -0.15) is 0 Å². The van der Waals surface area contributed by atoms with Crippen LogP contribution in [0.1, 0.15) is 22.8 Å². The standard InChI is InChI=1S/C10H12O2.C8H8O3/c1-3-4-8-5-6-9(11)10(7-8)12-2;1-11-8-4-6(5-9)2-3-7(8)10/h3-7,11H,1-2H3;2-5,10H,1H3. The van der Waals surface area contributed by atoms with E-state index < -0.39 is 0 Å². The van der Waals surface area contributed by atoms with Gasteiger partial charge in [-0.15, -0.1) is 0 Å². The number of phenolic OH excluding ortho intramolecular Hbond substituents is 2. The fraction of sp³-hybridized carbons (Fsp3) is 0.167. The number of benzene rings is 2. The van der Waals surface area contributed by atoms with Gasteiger partial charge in [0.2, 0.25) is 0 Å². The molecule has 0 bridgehead atoms. The van der Waals surface area contributed by atoms with Crippen molar-refractivity contribution < 1.29 is 24.5 Å². The largest absolute Gasteiger partial charge is 0.504 e. The van der Waals surface area contributed by atoms with Crippen molar-refractivity contribution >= 4 is 12.4 Å². The first-order valence-electron chi connectivity index (χ1n) is 6.87. The normalized spacial score (nSPS) is 9.87. The summed E-state index contributed by atoms with van der Waals surface area (Å²) in [5.41, 5.74) is 1.51. The smallest absolute Gasteiger partial charge is 0.161 e. The Bertz CT molecular complexity index is 677. The summed E-state index contributed by atoms with van der Waals surface area (Å²) in [5.74, 6) is 1.03. The maximum absolute atomic E-state index is 10.2. The Kier molecular flexibility index (Phi) is 7.20. The minimum absolute atomic E-state index is 0.0399. The molecule has 0 radical (unpaired) electrons. The Morgan fingerprint density at radius 1 is 0.870 bits per heavy atom. The summed E-state index contributed by atoms with van der Waals surface area (Å²) in [6, 6.07) is 9.65. The van der Waals surface area contributed by atoms with Gasteiger partial charge in [0.15, 0.2) is 23.0 Å². The first-order chi connectivity index (χ1) is 11.0. The van der Waals surface area contributed by atoms with Crippen LogP contribution in [0.5, 0.6) is 23.0 Å². The number of rotatable bonds is 4.